The van der Waals surface area contributed by atoms with Gasteiger partial charge in [0.25, 0.3) is 0 Å². The number of likely N-dealkylation sites (tertiary alicyclic amines) is 1. The highest BCUT2D eigenvalue weighted by molar-refractivity contribution is 6.32. The van der Waals surface area contributed by atoms with Gasteiger partial charge in [-0.3, -0.25) is 14.7 Å². The highest BCUT2D eigenvalue weighted by Gasteiger charge is 2.49. The lowest BCUT2D eigenvalue weighted by Gasteiger charge is -2.47. The van der Waals surface area contributed by atoms with Crippen LogP contribution in [0.2, 0.25) is 5.02 Å². The van der Waals surface area contributed by atoms with E-state index in [1.807, 2.05) is 43.5 Å². The molecule has 1 N–H and O–H groups in total. The van der Waals surface area contributed by atoms with Gasteiger partial charge in [-0.25, -0.2) is 0 Å². The van der Waals surface area contributed by atoms with Gasteiger partial charge >= 0.3 is 0 Å². The summed E-state index contributed by atoms with van der Waals surface area (Å²) in [6.45, 7) is 9.82. The van der Waals surface area contributed by atoms with E-state index in [1.165, 1.54) is 6.20 Å². The van der Waals surface area contributed by atoms with Crippen molar-refractivity contribution >= 4 is 23.1 Å². The maximum atomic E-state index is 12.5. The second kappa shape index (κ2) is 16.6. The van der Waals surface area contributed by atoms with Crippen LogP contribution in [0.3, 0.4) is 0 Å². The number of pyridine rings is 1. The van der Waals surface area contributed by atoms with Gasteiger partial charge in [-0.15, -0.1) is 0 Å². The van der Waals surface area contributed by atoms with Crippen molar-refractivity contribution in [3.8, 4) is 17.6 Å². The molecule has 0 spiro atoms. The molecule has 3 aromatic rings. The van der Waals surface area contributed by atoms with Crippen LogP contribution in [0.4, 0.5) is 0 Å². The lowest BCUT2D eigenvalue weighted by atomic mass is 9.65. The Kier molecular flexibility index (Phi) is 12.0. The number of aliphatic hydroxyl groups excluding tert-OH is 1. The zero-order chi connectivity index (χ0) is 36.7. The van der Waals surface area contributed by atoms with Gasteiger partial charge in [-0.05, 0) is 42.2 Å². The third-order valence-electron chi connectivity index (χ3n) is 10.5. The molecule has 2 aliphatic heterocycles. The van der Waals surface area contributed by atoms with Crippen molar-refractivity contribution in [3.63, 3.8) is 0 Å². The number of likely N-dealkylation sites (N-methyl/N-ethyl adjacent to an activating group) is 1. The van der Waals surface area contributed by atoms with Crippen LogP contribution in [-0.4, -0.2) is 102 Å². The molecule has 3 aliphatic rings. The molecular formula is C41H48ClN5O5. The number of halogens is 1. The van der Waals surface area contributed by atoms with E-state index in [1.54, 1.807) is 17.2 Å². The number of hydrogen-bond acceptors (Lipinski definition) is 9. The van der Waals surface area contributed by atoms with Gasteiger partial charge in [0, 0.05) is 87.9 Å². The molecule has 1 aliphatic carbocycles. The number of hydrogen-bond donors (Lipinski definition) is 1. The number of amides is 1. The lowest BCUT2D eigenvalue weighted by Crippen LogP contribution is -2.52. The molecule has 2 atom stereocenters. The Morgan fingerprint density at radius 2 is 1.88 bits per heavy atom. The zero-order valence-electron chi connectivity index (χ0n) is 30.3. The van der Waals surface area contributed by atoms with Gasteiger partial charge in [0.2, 0.25) is 5.91 Å². The molecule has 0 radical (unpaired) electrons. The highest BCUT2D eigenvalue weighted by atomic mass is 35.5. The van der Waals surface area contributed by atoms with Crippen molar-refractivity contribution in [3.05, 3.63) is 106 Å². The summed E-state index contributed by atoms with van der Waals surface area (Å²) in [4.78, 5) is 22.8. The number of nitrogens with zero attached hydrogens (tertiary/aromatic N) is 5. The number of aromatic nitrogens is 1. The van der Waals surface area contributed by atoms with Gasteiger partial charge in [-0.1, -0.05) is 67.9 Å². The predicted octanol–water partition coefficient (Wildman–Crippen LogP) is 5.73. The average Bonchev–Trinajstić information content (AvgIpc) is 3.56. The molecule has 1 unspecified atom stereocenters. The van der Waals surface area contributed by atoms with E-state index in [4.69, 9.17) is 25.8 Å². The van der Waals surface area contributed by atoms with E-state index < -0.39 is 11.0 Å². The van der Waals surface area contributed by atoms with Gasteiger partial charge in [0.05, 0.1) is 23.2 Å². The number of nitriles is 1. The normalized spacial score (nSPS) is 21.9. The zero-order valence-corrected chi connectivity index (χ0v) is 31.0. The summed E-state index contributed by atoms with van der Waals surface area (Å²) < 4.78 is 19.9. The van der Waals surface area contributed by atoms with E-state index in [2.05, 4.69) is 59.0 Å². The molecule has 0 saturated carbocycles. The summed E-state index contributed by atoms with van der Waals surface area (Å²) in [5, 5.41) is 19.8. The Morgan fingerprint density at radius 3 is 2.63 bits per heavy atom. The fourth-order valence-corrected chi connectivity index (χ4v) is 7.42. The molecule has 3 heterocycles. The lowest BCUT2D eigenvalue weighted by molar-refractivity contribution is -0.134. The fraction of sp³-hybridized carbons (Fsp3) is 0.439. The number of piperazine rings is 1. The number of carbonyl (C=O) groups excluding carboxylic acids is 1. The molecule has 10 nitrogen and oxygen atoms in total. The van der Waals surface area contributed by atoms with E-state index in [0.717, 1.165) is 54.7 Å². The van der Waals surface area contributed by atoms with Gasteiger partial charge in [0.1, 0.15) is 36.4 Å². The van der Waals surface area contributed by atoms with E-state index >= 15 is 0 Å². The number of ether oxygens (including phenoxy) is 3. The Bertz CT molecular complexity index is 1830. The second-order valence-corrected chi connectivity index (χ2v) is 14.9. The Labute approximate surface area is 311 Å². The van der Waals surface area contributed by atoms with Crippen LogP contribution >= 0.6 is 11.6 Å². The molecule has 2 saturated heterocycles. The number of allylic oxidation sites excluding steroid dienone is 2. The molecule has 1 amide bonds. The van der Waals surface area contributed by atoms with Crippen molar-refractivity contribution in [2.45, 2.75) is 51.5 Å². The molecule has 2 aromatic carbocycles. The first-order chi connectivity index (χ1) is 25.1. The third-order valence-corrected chi connectivity index (χ3v) is 10.8. The molecular weight excluding hydrogens is 678 g/mol. The van der Waals surface area contributed by atoms with Crippen molar-refractivity contribution in [2.24, 2.45) is 5.41 Å². The first-order valence-corrected chi connectivity index (χ1v) is 18.3. The Hall–Kier alpha value is -4.24. The molecule has 52 heavy (non-hydrogen) atoms. The minimum atomic E-state index is -0.843. The Morgan fingerprint density at radius 1 is 1.06 bits per heavy atom. The molecule has 1 aromatic heterocycles. The summed E-state index contributed by atoms with van der Waals surface area (Å²) in [5.41, 5.74) is 2.95. The summed E-state index contributed by atoms with van der Waals surface area (Å²) in [7, 11) is 1.82. The molecule has 11 heteroatoms. The third kappa shape index (κ3) is 8.68. The van der Waals surface area contributed by atoms with Gasteiger partial charge < -0.3 is 29.1 Å². The largest absolute Gasteiger partial charge is 0.488 e. The first-order valence-electron chi connectivity index (χ1n) is 17.9. The van der Waals surface area contributed by atoms with Crippen molar-refractivity contribution in [1.29, 1.82) is 5.26 Å². The summed E-state index contributed by atoms with van der Waals surface area (Å²) >= 11 is 6.98. The molecule has 0 bridgehead atoms. The molecule has 274 valence electrons. The minimum absolute atomic E-state index is 0.0644. The Balaban J connectivity index is 1.26. The molecule has 6 rings (SSSR count). The summed E-state index contributed by atoms with van der Waals surface area (Å²) in [5.74, 6) is 1.08. The first kappa shape index (κ1) is 37.5. The molecule has 2 fully saturated rings. The average molecular weight is 726 g/mol. The predicted molar refractivity (Wildman–Crippen MR) is 201 cm³/mol. The summed E-state index contributed by atoms with van der Waals surface area (Å²) in [6.07, 6.45) is 10.8. The van der Waals surface area contributed by atoms with E-state index in [0.29, 0.717) is 54.9 Å². The smallest absolute Gasteiger partial charge is 0.236 e. The minimum Gasteiger partial charge on any atom is -0.488 e. The van der Waals surface area contributed by atoms with Crippen LogP contribution in [-0.2, 0) is 22.7 Å². The van der Waals surface area contributed by atoms with Crippen LogP contribution in [0.25, 0.3) is 5.57 Å². The van der Waals surface area contributed by atoms with E-state index in [9.17, 15) is 15.2 Å². The summed E-state index contributed by atoms with van der Waals surface area (Å²) in [6, 6.07) is 17.9. The monoisotopic (exact) mass is 725 g/mol. The highest BCUT2D eigenvalue weighted by Crippen LogP contribution is 2.49. The van der Waals surface area contributed by atoms with Crippen molar-refractivity contribution in [2.75, 3.05) is 59.5 Å². The van der Waals surface area contributed by atoms with Crippen LogP contribution in [0, 0.1) is 16.7 Å². The van der Waals surface area contributed by atoms with Crippen LogP contribution in [0.15, 0.2) is 79.2 Å². The number of rotatable bonds is 14. The fourth-order valence-electron chi connectivity index (χ4n) is 7.18. The second-order valence-electron chi connectivity index (χ2n) is 14.5. The van der Waals surface area contributed by atoms with Gasteiger partial charge in [0.15, 0.2) is 0 Å². The van der Waals surface area contributed by atoms with E-state index in [-0.39, 0.29) is 25.2 Å². The maximum absolute atomic E-state index is 12.5. The maximum Gasteiger partial charge on any atom is 0.236 e. The topological polar surface area (TPSA) is 111 Å². The SMILES string of the molecule is CN1CCN(Cc2cc(Cl)c(OC[C@@]3(OCCCN4CCC(O)C4)C=CC=C(c4ccccc4)C3(C)C)cc2OCc2cncc(C#N)c2)CC1=O. The van der Waals surface area contributed by atoms with Crippen LogP contribution in [0.1, 0.15) is 48.9 Å². The van der Waals surface area contributed by atoms with Gasteiger partial charge in [-0.2, -0.15) is 5.26 Å². The number of benzene rings is 2. The van der Waals surface area contributed by atoms with Crippen LogP contribution in [0.5, 0.6) is 11.5 Å². The standard InChI is InChI=1S/C41H48ClN5O5/c1-40(2)35(32-9-5-4-6-10-32)11-7-13-41(40,52-18-8-14-46-15-12-34(48)26-46)29-51-38-21-37(50-28-31-19-30(22-43)23-44-24-31)33(20-36(38)42)25-47-17-16-45(3)39(49)27-47/h4-7,9-11,13,19-21,23-24,34,48H,8,12,14-18,25-29H2,1-3H3/t34?,41-/m0/s1. The van der Waals surface area contributed by atoms with Crippen molar-refractivity contribution in [1.82, 2.24) is 19.7 Å². The van der Waals surface area contributed by atoms with Crippen molar-refractivity contribution < 1.29 is 24.1 Å². The quantitative estimate of drug-likeness (QED) is 0.208. The number of carbonyl (C=O) groups is 1. The number of aliphatic hydroxyl groups is 1. The number of β-amino-alcohol motifs (C(OH)–C–C–N with tert-alkyl or cyclic N) is 1. The van der Waals surface area contributed by atoms with Crippen LogP contribution < -0.4 is 9.47 Å².